The van der Waals surface area contributed by atoms with Gasteiger partial charge in [0.2, 0.25) is 5.91 Å². The van der Waals surface area contributed by atoms with Gasteiger partial charge in [0.25, 0.3) is 5.91 Å². The van der Waals surface area contributed by atoms with Crippen molar-refractivity contribution in [3.8, 4) is 0 Å². The molecule has 0 aromatic heterocycles. The van der Waals surface area contributed by atoms with E-state index < -0.39 is 11.6 Å². The first-order valence-corrected chi connectivity index (χ1v) is 9.48. The van der Waals surface area contributed by atoms with Crippen LogP contribution in [0.5, 0.6) is 0 Å². The molecule has 0 aromatic carbocycles. The lowest BCUT2D eigenvalue weighted by atomic mass is 9.64. The third-order valence-corrected chi connectivity index (χ3v) is 5.17. The molecule has 1 heterocycles. The summed E-state index contributed by atoms with van der Waals surface area (Å²) in [5, 5.41) is 5.62. The van der Waals surface area contributed by atoms with Crippen LogP contribution >= 0.6 is 11.8 Å². The lowest BCUT2D eigenvalue weighted by Crippen LogP contribution is -2.54. The van der Waals surface area contributed by atoms with Crippen molar-refractivity contribution in [2.75, 3.05) is 25.1 Å². The first kappa shape index (κ1) is 18.1. The summed E-state index contributed by atoms with van der Waals surface area (Å²) in [6.45, 7) is 6.71. The van der Waals surface area contributed by atoms with Gasteiger partial charge < -0.3 is 10.6 Å². The van der Waals surface area contributed by atoms with Crippen LogP contribution in [-0.4, -0.2) is 53.4 Å². The molecule has 7 heteroatoms. The number of imide groups is 1. The average molecular weight is 341 g/mol. The molecule has 2 rings (SSSR count). The number of hydrogen-bond acceptors (Lipinski definition) is 4. The highest BCUT2D eigenvalue weighted by atomic mass is 32.2. The third kappa shape index (κ3) is 4.00. The maximum Gasteiger partial charge on any atom is 0.325 e. The minimum absolute atomic E-state index is 0.00275. The van der Waals surface area contributed by atoms with Gasteiger partial charge in [0.1, 0.15) is 12.1 Å². The van der Waals surface area contributed by atoms with E-state index in [4.69, 9.17) is 0 Å². The zero-order valence-electron chi connectivity index (χ0n) is 14.4. The molecule has 0 bridgehead atoms. The summed E-state index contributed by atoms with van der Waals surface area (Å²) in [6.07, 6.45) is 4.26. The van der Waals surface area contributed by atoms with Crippen molar-refractivity contribution in [1.82, 2.24) is 15.5 Å². The fourth-order valence-electron chi connectivity index (χ4n) is 4.14. The summed E-state index contributed by atoms with van der Waals surface area (Å²) >= 11 is 1.63. The van der Waals surface area contributed by atoms with Crippen LogP contribution in [0.2, 0.25) is 0 Å². The number of thioether (sulfide) groups is 1. The molecule has 23 heavy (non-hydrogen) atoms. The smallest absolute Gasteiger partial charge is 0.325 e. The molecule has 1 saturated carbocycles. The fraction of sp³-hybridized carbons (Fsp3) is 0.812. The fourth-order valence-corrected chi connectivity index (χ4v) is 4.45. The molecule has 2 fully saturated rings. The summed E-state index contributed by atoms with van der Waals surface area (Å²) < 4.78 is 0. The van der Waals surface area contributed by atoms with Gasteiger partial charge in [0, 0.05) is 12.3 Å². The van der Waals surface area contributed by atoms with Gasteiger partial charge in [-0.05, 0) is 36.9 Å². The molecular weight excluding hydrogens is 314 g/mol. The molecule has 0 aromatic rings. The molecular formula is C16H27N3O3S. The van der Waals surface area contributed by atoms with Crippen LogP contribution in [0.3, 0.4) is 0 Å². The van der Waals surface area contributed by atoms with E-state index >= 15 is 0 Å². The predicted molar refractivity (Wildman–Crippen MR) is 91.2 cm³/mol. The van der Waals surface area contributed by atoms with Crippen molar-refractivity contribution in [1.29, 1.82) is 0 Å². The molecule has 4 amide bonds. The summed E-state index contributed by atoms with van der Waals surface area (Å²) in [5.74, 6) is 0.629. The zero-order chi connectivity index (χ0) is 17.3. The van der Waals surface area contributed by atoms with Gasteiger partial charge in [0.15, 0.2) is 0 Å². The highest BCUT2D eigenvalue weighted by Gasteiger charge is 2.56. The number of carbonyl (C=O) groups is 3. The van der Waals surface area contributed by atoms with E-state index in [-0.39, 0.29) is 23.8 Å². The second-order valence-corrected chi connectivity index (χ2v) is 8.59. The van der Waals surface area contributed by atoms with Crippen molar-refractivity contribution < 1.29 is 14.4 Å². The standard InChI is InChI=1S/C16H27N3O3S/c1-11-7-15(2,3)10-16(8-11)13(21)19(14(22)18-16)9-12(20)17-5-6-23-4/h11H,5-10H2,1-4H3,(H,17,20)(H,18,22)/t11-,16-/m0/s1. The largest absolute Gasteiger partial charge is 0.354 e. The second-order valence-electron chi connectivity index (χ2n) is 7.60. The number of amides is 4. The Morgan fingerprint density at radius 1 is 1.39 bits per heavy atom. The molecule has 0 unspecified atom stereocenters. The number of hydrogen-bond donors (Lipinski definition) is 2. The van der Waals surface area contributed by atoms with Crippen LogP contribution in [0.1, 0.15) is 40.0 Å². The Balaban J connectivity index is 2.06. The van der Waals surface area contributed by atoms with Crippen molar-refractivity contribution >= 4 is 29.6 Å². The molecule has 1 aliphatic heterocycles. The van der Waals surface area contributed by atoms with E-state index in [9.17, 15) is 14.4 Å². The van der Waals surface area contributed by atoms with Gasteiger partial charge in [-0.2, -0.15) is 11.8 Å². The van der Waals surface area contributed by atoms with Gasteiger partial charge in [0.05, 0.1) is 0 Å². The summed E-state index contributed by atoms with van der Waals surface area (Å²) in [7, 11) is 0. The van der Waals surface area contributed by atoms with Crippen LogP contribution < -0.4 is 10.6 Å². The van der Waals surface area contributed by atoms with Crippen molar-refractivity contribution in [2.24, 2.45) is 11.3 Å². The van der Waals surface area contributed by atoms with Gasteiger partial charge in [-0.25, -0.2) is 4.79 Å². The van der Waals surface area contributed by atoms with Crippen LogP contribution in [0, 0.1) is 11.3 Å². The van der Waals surface area contributed by atoms with Crippen LogP contribution in [0.15, 0.2) is 0 Å². The van der Waals surface area contributed by atoms with Crippen LogP contribution in [0.4, 0.5) is 4.79 Å². The third-order valence-electron chi connectivity index (χ3n) is 4.55. The van der Waals surface area contributed by atoms with Crippen molar-refractivity contribution in [2.45, 2.75) is 45.6 Å². The molecule has 130 valence electrons. The van der Waals surface area contributed by atoms with E-state index in [0.29, 0.717) is 25.3 Å². The Kier molecular flexibility index (Phi) is 5.28. The summed E-state index contributed by atoms with van der Waals surface area (Å²) in [5.41, 5.74) is -0.838. The SMILES string of the molecule is CSCCNC(=O)CN1C(=O)N[C@]2(C[C@@H](C)CC(C)(C)C2)C1=O. The monoisotopic (exact) mass is 341 g/mol. The molecule has 2 atom stereocenters. The zero-order valence-corrected chi connectivity index (χ0v) is 15.2. The van der Waals surface area contributed by atoms with Gasteiger partial charge in [-0.15, -0.1) is 0 Å². The number of rotatable bonds is 5. The Hall–Kier alpha value is -1.24. The van der Waals surface area contributed by atoms with Crippen LogP contribution in [0.25, 0.3) is 0 Å². The van der Waals surface area contributed by atoms with Gasteiger partial charge in [-0.1, -0.05) is 20.8 Å². The molecule has 2 aliphatic rings. The first-order chi connectivity index (χ1) is 10.7. The van der Waals surface area contributed by atoms with E-state index in [2.05, 4.69) is 31.4 Å². The number of nitrogens with zero attached hydrogens (tertiary/aromatic N) is 1. The molecule has 1 saturated heterocycles. The minimum atomic E-state index is -0.836. The number of carbonyl (C=O) groups excluding carboxylic acids is 3. The topological polar surface area (TPSA) is 78.5 Å². The minimum Gasteiger partial charge on any atom is -0.354 e. The predicted octanol–water partition coefficient (Wildman–Crippen LogP) is 1.60. The molecule has 0 radical (unpaired) electrons. The molecule has 2 N–H and O–H groups in total. The Morgan fingerprint density at radius 3 is 2.70 bits per heavy atom. The Bertz CT molecular complexity index is 509. The van der Waals surface area contributed by atoms with Gasteiger partial charge >= 0.3 is 6.03 Å². The number of urea groups is 1. The summed E-state index contributed by atoms with van der Waals surface area (Å²) in [6, 6.07) is -0.445. The van der Waals surface area contributed by atoms with E-state index in [1.54, 1.807) is 11.8 Å². The normalized spacial score (nSPS) is 29.7. The van der Waals surface area contributed by atoms with Gasteiger partial charge in [-0.3, -0.25) is 14.5 Å². The molecule has 1 spiro atoms. The van der Waals surface area contributed by atoms with E-state index in [0.717, 1.165) is 17.1 Å². The highest BCUT2D eigenvalue weighted by Crippen LogP contribution is 2.46. The van der Waals surface area contributed by atoms with E-state index in [1.807, 2.05) is 6.26 Å². The average Bonchev–Trinajstić information content (AvgIpc) is 2.60. The molecule has 6 nitrogen and oxygen atoms in total. The van der Waals surface area contributed by atoms with E-state index in [1.165, 1.54) is 0 Å². The maximum absolute atomic E-state index is 12.9. The number of nitrogens with one attached hydrogen (secondary N) is 2. The lowest BCUT2D eigenvalue weighted by molar-refractivity contribution is -0.137. The van der Waals surface area contributed by atoms with Crippen molar-refractivity contribution in [3.63, 3.8) is 0 Å². The quantitative estimate of drug-likeness (QED) is 0.588. The second kappa shape index (κ2) is 6.71. The summed E-state index contributed by atoms with van der Waals surface area (Å²) in [4.78, 5) is 38.1. The first-order valence-electron chi connectivity index (χ1n) is 8.09. The lowest BCUT2D eigenvalue weighted by Gasteiger charge is -2.43. The Labute approximate surface area is 142 Å². The molecule has 1 aliphatic carbocycles. The maximum atomic E-state index is 12.9. The highest BCUT2D eigenvalue weighted by molar-refractivity contribution is 7.98. The van der Waals surface area contributed by atoms with Crippen LogP contribution in [-0.2, 0) is 9.59 Å². The Morgan fingerprint density at radius 2 is 2.09 bits per heavy atom. The van der Waals surface area contributed by atoms with Crippen molar-refractivity contribution in [3.05, 3.63) is 0 Å².